The molecule has 0 radical (unpaired) electrons. The third kappa shape index (κ3) is 4.21. The lowest BCUT2D eigenvalue weighted by molar-refractivity contribution is -0.137. The fraction of sp³-hybridized carbons (Fsp3) is 0.478. The van der Waals surface area contributed by atoms with E-state index < -0.39 is 11.7 Å². The van der Waals surface area contributed by atoms with Crippen molar-refractivity contribution in [1.82, 2.24) is 14.8 Å². The molecule has 30 heavy (non-hydrogen) atoms. The largest absolute Gasteiger partial charge is 0.417 e. The number of alkyl halides is 3. The van der Waals surface area contributed by atoms with Crippen molar-refractivity contribution in [2.75, 3.05) is 26.2 Å². The molecular formula is C23H26F3N3O. The second-order valence-electron chi connectivity index (χ2n) is 8.20. The Morgan fingerprint density at radius 1 is 1.07 bits per heavy atom. The molecule has 2 fully saturated rings. The highest BCUT2D eigenvalue weighted by atomic mass is 19.4. The minimum absolute atomic E-state index is 0.0750. The molecule has 0 aliphatic carbocycles. The molecule has 0 atom stereocenters. The molecule has 0 N–H and O–H groups in total. The predicted molar refractivity (Wildman–Crippen MR) is 109 cm³/mol. The molecule has 4 rings (SSSR count). The Kier molecular flexibility index (Phi) is 5.82. The average molecular weight is 417 g/mol. The fourth-order valence-corrected chi connectivity index (χ4v) is 4.62. The molecule has 1 aromatic heterocycles. The zero-order valence-electron chi connectivity index (χ0n) is 17.1. The highest BCUT2D eigenvalue weighted by molar-refractivity contribution is 5.94. The Bertz CT molecular complexity index is 914. The number of carbonyl (C=O) groups excluding carboxylic acids is 1. The van der Waals surface area contributed by atoms with Gasteiger partial charge >= 0.3 is 6.18 Å². The number of hydrogen-bond acceptors (Lipinski definition) is 3. The molecule has 2 aromatic rings. The van der Waals surface area contributed by atoms with Crippen LogP contribution >= 0.6 is 0 Å². The maximum atomic E-state index is 13.3. The van der Waals surface area contributed by atoms with Crippen molar-refractivity contribution < 1.29 is 18.0 Å². The molecule has 0 unspecified atom stereocenters. The third-order valence-corrected chi connectivity index (χ3v) is 6.23. The molecule has 1 aromatic carbocycles. The molecule has 160 valence electrons. The number of aromatic nitrogens is 1. The zero-order chi connectivity index (χ0) is 21.3. The van der Waals surface area contributed by atoms with Gasteiger partial charge in [0.2, 0.25) is 0 Å². The first-order chi connectivity index (χ1) is 14.3. The SMILES string of the molecule is Cc1cc(-c2ccccc2C(F)(F)F)cnc1C(=O)N1CCC(N2CCCC2)CC1. The third-order valence-electron chi connectivity index (χ3n) is 6.23. The standard InChI is InChI=1S/C23H26F3N3O/c1-16-14-17(19-6-2-3-7-20(19)23(24,25)26)15-27-21(16)22(30)29-12-8-18(9-13-29)28-10-4-5-11-28/h2-3,6-7,14-15,18H,4-5,8-13H2,1H3. The van der Waals surface area contributed by atoms with Gasteiger partial charge in [0, 0.05) is 30.9 Å². The number of rotatable bonds is 3. The lowest BCUT2D eigenvalue weighted by Crippen LogP contribution is -2.46. The van der Waals surface area contributed by atoms with Crippen LogP contribution < -0.4 is 0 Å². The first-order valence-electron chi connectivity index (χ1n) is 10.5. The van der Waals surface area contributed by atoms with Crippen LogP contribution in [0, 0.1) is 6.92 Å². The van der Waals surface area contributed by atoms with E-state index in [0.717, 1.165) is 32.0 Å². The van der Waals surface area contributed by atoms with E-state index >= 15 is 0 Å². The second kappa shape index (κ2) is 8.38. The molecule has 2 aliphatic heterocycles. The highest BCUT2D eigenvalue weighted by Gasteiger charge is 2.34. The van der Waals surface area contributed by atoms with E-state index in [2.05, 4.69) is 9.88 Å². The minimum Gasteiger partial charge on any atom is -0.337 e. The van der Waals surface area contributed by atoms with Gasteiger partial charge in [-0.2, -0.15) is 13.2 Å². The molecule has 0 saturated carbocycles. The van der Waals surface area contributed by atoms with E-state index in [0.29, 0.717) is 36.0 Å². The van der Waals surface area contributed by atoms with Crippen LogP contribution in [0.25, 0.3) is 11.1 Å². The van der Waals surface area contributed by atoms with Gasteiger partial charge in [0.25, 0.3) is 5.91 Å². The smallest absolute Gasteiger partial charge is 0.337 e. The van der Waals surface area contributed by atoms with E-state index in [4.69, 9.17) is 0 Å². The van der Waals surface area contributed by atoms with E-state index in [1.807, 2.05) is 4.90 Å². The van der Waals surface area contributed by atoms with Crippen molar-refractivity contribution in [3.8, 4) is 11.1 Å². The van der Waals surface area contributed by atoms with E-state index in [-0.39, 0.29) is 11.5 Å². The fourth-order valence-electron chi connectivity index (χ4n) is 4.62. The quantitative estimate of drug-likeness (QED) is 0.722. The van der Waals surface area contributed by atoms with Crippen molar-refractivity contribution in [2.45, 2.75) is 44.8 Å². The number of aryl methyl sites for hydroxylation is 1. The van der Waals surface area contributed by atoms with Crippen LogP contribution in [0.4, 0.5) is 13.2 Å². The Morgan fingerprint density at radius 3 is 2.37 bits per heavy atom. The Hall–Kier alpha value is -2.41. The maximum Gasteiger partial charge on any atom is 0.417 e. The van der Waals surface area contributed by atoms with Crippen molar-refractivity contribution in [3.63, 3.8) is 0 Å². The molecule has 2 aliphatic rings. The van der Waals surface area contributed by atoms with Crippen molar-refractivity contribution in [2.24, 2.45) is 0 Å². The topological polar surface area (TPSA) is 36.4 Å². The summed E-state index contributed by atoms with van der Waals surface area (Å²) in [6.45, 7) is 5.43. The molecule has 2 saturated heterocycles. The average Bonchev–Trinajstić information content (AvgIpc) is 3.28. The summed E-state index contributed by atoms with van der Waals surface area (Å²) in [5.74, 6) is -0.136. The Morgan fingerprint density at radius 2 is 1.73 bits per heavy atom. The summed E-state index contributed by atoms with van der Waals surface area (Å²) in [5, 5.41) is 0. The summed E-state index contributed by atoms with van der Waals surface area (Å²) in [5.41, 5.74) is 0.656. The van der Waals surface area contributed by atoms with Gasteiger partial charge in [-0.3, -0.25) is 9.78 Å². The monoisotopic (exact) mass is 417 g/mol. The number of piperidine rings is 1. The number of likely N-dealkylation sites (tertiary alicyclic amines) is 2. The number of hydrogen-bond donors (Lipinski definition) is 0. The van der Waals surface area contributed by atoms with E-state index in [9.17, 15) is 18.0 Å². The van der Waals surface area contributed by atoms with Crippen LogP contribution in [0.3, 0.4) is 0 Å². The number of amides is 1. The van der Waals surface area contributed by atoms with Gasteiger partial charge in [-0.15, -0.1) is 0 Å². The van der Waals surface area contributed by atoms with Crippen LogP contribution in [-0.2, 0) is 6.18 Å². The molecule has 1 amide bonds. The number of benzene rings is 1. The molecule has 0 spiro atoms. The predicted octanol–water partition coefficient (Wildman–Crippen LogP) is 4.78. The van der Waals surface area contributed by atoms with Crippen LogP contribution in [-0.4, -0.2) is 52.9 Å². The number of carbonyl (C=O) groups is 1. The zero-order valence-corrected chi connectivity index (χ0v) is 17.1. The summed E-state index contributed by atoms with van der Waals surface area (Å²) in [4.78, 5) is 21.6. The van der Waals surface area contributed by atoms with Crippen LogP contribution in [0.15, 0.2) is 36.5 Å². The van der Waals surface area contributed by atoms with Crippen molar-refractivity contribution >= 4 is 5.91 Å². The number of halogens is 3. The first kappa shape index (κ1) is 20.8. The van der Waals surface area contributed by atoms with E-state index in [1.165, 1.54) is 31.2 Å². The summed E-state index contributed by atoms with van der Waals surface area (Å²) in [6.07, 6.45) is 1.36. The molecule has 0 bridgehead atoms. The molecule has 4 nitrogen and oxygen atoms in total. The molecule has 3 heterocycles. The van der Waals surface area contributed by atoms with Crippen molar-refractivity contribution in [1.29, 1.82) is 0 Å². The van der Waals surface area contributed by atoms with Gasteiger partial charge in [-0.1, -0.05) is 18.2 Å². The second-order valence-corrected chi connectivity index (χ2v) is 8.20. The van der Waals surface area contributed by atoms with Crippen LogP contribution in [0.5, 0.6) is 0 Å². The van der Waals surface area contributed by atoms with Crippen molar-refractivity contribution in [3.05, 3.63) is 53.3 Å². The number of nitrogens with zero attached hydrogens (tertiary/aromatic N) is 3. The minimum atomic E-state index is -4.45. The van der Waals surface area contributed by atoms with E-state index in [1.54, 1.807) is 19.1 Å². The Balaban J connectivity index is 1.50. The maximum absolute atomic E-state index is 13.3. The van der Waals surface area contributed by atoms with Gasteiger partial charge < -0.3 is 9.80 Å². The van der Waals surface area contributed by atoms with Gasteiger partial charge in [0.05, 0.1) is 5.56 Å². The normalized spacial score (nSPS) is 18.7. The van der Waals surface area contributed by atoms with Crippen LogP contribution in [0.2, 0.25) is 0 Å². The number of pyridine rings is 1. The lowest BCUT2D eigenvalue weighted by Gasteiger charge is -2.36. The van der Waals surface area contributed by atoms with Gasteiger partial charge in [0.1, 0.15) is 5.69 Å². The molecular weight excluding hydrogens is 391 g/mol. The summed E-state index contributed by atoms with van der Waals surface area (Å²) >= 11 is 0. The summed E-state index contributed by atoms with van der Waals surface area (Å²) in [7, 11) is 0. The molecule has 7 heteroatoms. The lowest BCUT2D eigenvalue weighted by atomic mass is 9.98. The van der Waals surface area contributed by atoms with Crippen LogP contribution in [0.1, 0.15) is 47.3 Å². The first-order valence-corrected chi connectivity index (χ1v) is 10.5. The Labute approximate surface area is 174 Å². The highest BCUT2D eigenvalue weighted by Crippen LogP contribution is 2.37. The summed E-state index contributed by atoms with van der Waals surface area (Å²) < 4.78 is 40.0. The van der Waals surface area contributed by atoms with Gasteiger partial charge in [-0.05, 0) is 69.0 Å². The van der Waals surface area contributed by atoms with Gasteiger partial charge in [-0.25, -0.2) is 0 Å². The summed E-state index contributed by atoms with van der Waals surface area (Å²) in [6, 6.07) is 7.62. The van der Waals surface area contributed by atoms with Gasteiger partial charge in [0.15, 0.2) is 0 Å².